The van der Waals surface area contributed by atoms with Crippen molar-refractivity contribution < 1.29 is 8.42 Å². The fraction of sp³-hybridized carbons (Fsp3) is 0.588. The quantitative estimate of drug-likeness (QED) is 0.863. The lowest BCUT2D eigenvalue weighted by Crippen LogP contribution is -2.42. The van der Waals surface area contributed by atoms with E-state index in [1.807, 2.05) is 25.1 Å². The lowest BCUT2D eigenvalue weighted by atomic mass is 9.98. The minimum absolute atomic E-state index is 0.334. The Hall–Kier alpha value is -1.40. The molecular weight excluding hydrogens is 310 g/mol. The van der Waals surface area contributed by atoms with Crippen molar-refractivity contribution in [1.29, 1.82) is 0 Å². The fourth-order valence-electron chi connectivity index (χ4n) is 3.33. The molecule has 0 aliphatic carbocycles. The molecule has 1 aromatic heterocycles. The first-order valence-corrected chi connectivity index (χ1v) is 9.80. The van der Waals surface area contributed by atoms with Gasteiger partial charge in [0.15, 0.2) is 0 Å². The minimum Gasteiger partial charge on any atom is -0.328 e. The van der Waals surface area contributed by atoms with Crippen LogP contribution in [0.4, 0.5) is 0 Å². The first-order chi connectivity index (χ1) is 10.9. The number of benzene rings is 1. The van der Waals surface area contributed by atoms with Gasteiger partial charge in [-0.1, -0.05) is 12.1 Å². The zero-order valence-electron chi connectivity index (χ0n) is 14.1. The molecule has 23 heavy (non-hydrogen) atoms. The van der Waals surface area contributed by atoms with Crippen molar-refractivity contribution >= 4 is 21.1 Å². The number of piperidine rings is 1. The number of sulfonamides is 1. The number of nitrogens with zero attached hydrogens (tertiary/aromatic N) is 3. The molecule has 0 amide bonds. The van der Waals surface area contributed by atoms with Crippen LogP contribution in [0.2, 0.25) is 0 Å². The molecule has 1 saturated heterocycles. The number of para-hydroxylation sites is 2. The van der Waals surface area contributed by atoms with Gasteiger partial charge in [-0.2, -0.15) is 0 Å². The van der Waals surface area contributed by atoms with Gasteiger partial charge in [-0.25, -0.2) is 17.7 Å². The van der Waals surface area contributed by atoms with Crippen LogP contribution in [-0.4, -0.2) is 40.6 Å². The Balaban J connectivity index is 1.70. The van der Waals surface area contributed by atoms with Gasteiger partial charge < -0.3 is 4.57 Å². The summed E-state index contributed by atoms with van der Waals surface area (Å²) >= 11 is 0. The number of aryl methyl sites for hydroxylation is 1. The molecule has 6 heteroatoms. The van der Waals surface area contributed by atoms with Gasteiger partial charge in [0.1, 0.15) is 5.82 Å². The normalized spacial score (nSPS) is 18.1. The summed E-state index contributed by atoms with van der Waals surface area (Å²) in [5.74, 6) is 1.54. The highest BCUT2D eigenvalue weighted by Crippen LogP contribution is 2.25. The van der Waals surface area contributed by atoms with Crippen LogP contribution >= 0.6 is 0 Å². The molecule has 0 atom stereocenters. The van der Waals surface area contributed by atoms with Crippen molar-refractivity contribution in [1.82, 2.24) is 13.9 Å². The van der Waals surface area contributed by atoms with E-state index in [-0.39, 0.29) is 5.25 Å². The van der Waals surface area contributed by atoms with Crippen molar-refractivity contribution in [2.45, 2.75) is 45.4 Å². The molecule has 0 N–H and O–H groups in total. The van der Waals surface area contributed by atoms with Crippen molar-refractivity contribution in [2.24, 2.45) is 5.92 Å². The summed E-state index contributed by atoms with van der Waals surface area (Å²) in [7, 11) is -3.11. The monoisotopic (exact) mass is 335 g/mol. The fourth-order valence-corrected chi connectivity index (χ4v) is 4.65. The van der Waals surface area contributed by atoms with E-state index in [0.717, 1.165) is 30.7 Å². The van der Waals surface area contributed by atoms with Gasteiger partial charge in [0.05, 0.1) is 16.3 Å². The molecule has 0 bridgehead atoms. The minimum atomic E-state index is -3.11. The molecule has 1 aliphatic rings. The van der Waals surface area contributed by atoms with E-state index in [1.54, 1.807) is 18.2 Å². The van der Waals surface area contributed by atoms with Crippen molar-refractivity contribution in [2.75, 3.05) is 13.1 Å². The molecule has 0 radical (unpaired) electrons. The van der Waals surface area contributed by atoms with Gasteiger partial charge in [-0.05, 0) is 51.7 Å². The summed E-state index contributed by atoms with van der Waals surface area (Å²) in [6, 6.07) is 8.19. The molecule has 126 valence electrons. The second kappa shape index (κ2) is 6.24. The molecule has 1 aromatic carbocycles. The number of hydrogen-bond donors (Lipinski definition) is 0. The third-order valence-corrected chi connectivity index (χ3v) is 7.09. The second-order valence-corrected chi connectivity index (χ2v) is 9.18. The summed E-state index contributed by atoms with van der Waals surface area (Å²) < 4.78 is 28.4. The van der Waals surface area contributed by atoms with Crippen LogP contribution in [0.5, 0.6) is 0 Å². The van der Waals surface area contributed by atoms with Gasteiger partial charge in [0, 0.05) is 19.6 Å². The average molecular weight is 335 g/mol. The Labute approximate surface area is 138 Å². The largest absolute Gasteiger partial charge is 0.328 e. The standard InChI is InChI=1S/C17H25N3O2S/c1-13(2)23(21,22)19-10-8-15(9-11-19)12-20-14(3)18-16-6-4-5-7-17(16)20/h4-7,13,15H,8-12H2,1-3H3. The van der Waals surface area contributed by atoms with Crippen LogP contribution in [0.3, 0.4) is 0 Å². The van der Waals surface area contributed by atoms with Gasteiger partial charge in [-0.15, -0.1) is 0 Å². The predicted octanol–water partition coefficient (Wildman–Crippen LogP) is 2.79. The van der Waals surface area contributed by atoms with Crippen LogP contribution in [-0.2, 0) is 16.6 Å². The van der Waals surface area contributed by atoms with Crippen LogP contribution in [0.1, 0.15) is 32.5 Å². The lowest BCUT2D eigenvalue weighted by Gasteiger charge is -2.32. The third-order valence-electron chi connectivity index (χ3n) is 4.82. The van der Waals surface area contributed by atoms with E-state index in [4.69, 9.17) is 0 Å². The molecule has 0 spiro atoms. The zero-order chi connectivity index (χ0) is 16.6. The Morgan fingerprint density at radius 2 is 1.87 bits per heavy atom. The maximum atomic E-state index is 12.2. The van der Waals surface area contributed by atoms with E-state index in [2.05, 4.69) is 15.6 Å². The van der Waals surface area contributed by atoms with Gasteiger partial charge in [-0.3, -0.25) is 0 Å². The van der Waals surface area contributed by atoms with Crippen molar-refractivity contribution in [3.8, 4) is 0 Å². The van der Waals surface area contributed by atoms with Crippen LogP contribution in [0.25, 0.3) is 11.0 Å². The summed E-state index contributed by atoms with van der Waals surface area (Å²) in [5.41, 5.74) is 2.20. The summed E-state index contributed by atoms with van der Waals surface area (Å²) in [6.07, 6.45) is 1.83. The third kappa shape index (κ3) is 3.15. The summed E-state index contributed by atoms with van der Waals surface area (Å²) in [4.78, 5) is 4.61. The van der Waals surface area contributed by atoms with E-state index >= 15 is 0 Å². The topological polar surface area (TPSA) is 55.2 Å². The van der Waals surface area contributed by atoms with Crippen LogP contribution < -0.4 is 0 Å². The first kappa shape index (κ1) is 16.5. The average Bonchev–Trinajstić information content (AvgIpc) is 2.84. The van der Waals surface area contributed by atoms with Crippen LogP contribution in [0, 0.1) is 12.8 Å². The molecule has 3 rings (SSSR count). The second-order valence-electron chi connectivity index (χ2n) is 6.69. The van der Waals surface area contributed by atoms with Gasteiger partial charge >= 0.3 is 0 Å². The van der Waals surface area contributed by atoms with E-state index < -0.39 is 10.0 Å². The molecule has 0 unspecified atom stereocenters. The number of hydrogen-bond acceptors (Lipinski definition) is 3. The van der Waals surface area contributed by atoms with Crippen molar-refractivity contribution in [3.63, 3.8) is 0 Å². The predicted molar refractivity (Wildman–Crippen MR) is 92.8 cm³/mol. The first-order valence-electron chi connectivity index (χ1n) is 8.30. The molecular formula is C17H25N3O2S. The Morgan fingerprint density at radius 3 is 2.52 bits per heavy atom. The Kier molecular flexibility index (Phi) is 4.47. The van der Waals surface area contributed by atoms with E-state index in [9.17, 15) is 8.42 Å². The van der Waals surface area contributed by atoms with Crippen molar-refractivity contribution in [3.05, 3.63) is 30.1 Å². The van der Waals surface area contributed by atoms with E-state index in [0.29, 0.717) is 19.0 Å². The SMILES string of the molecule is Cc1nc2ccccc2n1CC1CCN(S(=O)(=O)C(C)C)CC1. The molecule has 1 aliphatic heterocycles. The van der Waals surface area contributed by atoms with Crippen LogP contribution in [0.15, 0.2) is 24.3 Å². The number of fused-ring (bicyclic) bond motifs is 1. The summed E-state index contributed by atoms with van der Waals surface area (Å²) in [6.45, 7) is 7.73. The number of imidazole rings is 1. The molecule has 2 aromatic rings. The van der Waals surface area contributed by atoms with Gasteiger partial charge in [0.25, 0.3) is 0 Å². The highest BCUT2D eigenvalue weighted by atomic mass is 32.2. The number of rotatable bonds is 4. The highest BCUT2D eigenvalue weighted by molar-refractivity contribution is 7.89. The summed E-state index contributed by atoms with van der Waals surface area (Å²) in [5, 5.41) is -0.334. The zero-order valence-corrected chi connectivity index (χ0v) is 14.9. The smallest absolute Gasteiger partial charge is 0.216 e. The van der Waals surface area contributed by atoms with Gasteiger partial charge in [0.2, 0.25) is 10.0 Å². The Bertz CT molecular complexity index is 787. The Morgan fingerprint density at radius 1 is 1.22 bits per heavy atom. The van der Waals surface area contributed by atoms with E-state index in [1.165, 1.54) is 5.52 Å². The molecule has 1 fully saturated rings. The highest BCUT2D eigenvalue weighted by Gasteiger charge is 2.30. The lowest BCUT2D eigenvalue weighted by molar-refractivity contribution is 0.252. The maximum Gasteiger partial charge on any atom is 0.216 e. The molecule has 0 saturated carbocycles. The molecule has 5 nitrogen and oxygen atoms in total. The molecule has 2 heterocycles. The number of aromatic nitrogens is 2. The maximum absolute atomic E-state index is 12.2.